The maximum absolute atomic E-state index is 11.7. The van der Waals surface area contributed by atoms with Crippen LogP contribution in [0.5, 0.6) is 0 Å². The zero-order chi connectivity index (χ0) is 12.3. The van der Waals surface area contributed by atoms with E-state index in [0.29, 0.717) is 16.7 Å². The molecule has 0 radical (unpaired) electrons. The quantitative estimate of drug-likeness (QED) is 0.463. The number of carbonyl (C=O) groups is 2. The predicted octanol–water partition coefficient (Wildman–Crippen LogP) is 2.59. The van der Waals surface area contributed by atoms with Gasteiger partial charge in [0.05, 0.1) is 18.1 Å². The normalized spacial score (nSPS) is 12.0. The van der Waals surface area contributed by atoms with Crippen LogP contribution in [0.4, 0.5) is 0 Å². The summed E-state index contributed by atoms with van der Waals surface area (Å²) in [7, 11) is 1.31. The van der Waals surface area contributed by atoms with Gasteiger partial charge in [0.25, 0.3) is 0 Å². The van der Waals surface area contributed by atoms with Crippen molar-refractivity contribution >= 4 is 23.4 Å². The highest BCUT2D eigenvalue weighted by Crippen LogP contribution is 2.18. The zero-order valence-electron chi connectivity index (χ0n) is 9.41. The van der Waals surface area contributed by atoms with Crippen molar-refractivity contribution in [3.8, 4) is 0 Å². The van der Waals surface area contributed by atoms with Gasteiger partial charge in [0.2, 0.25) is 0 Å². The van der Waals surface area contributed by atoms with Gasteiger partial charge in [0, 0.05) is 5.56 Å². The van der Waals surface area contributed by atoms with Gasteiger partial charge in [-0.05, 0) is 25.5 Å². The maximum Gasteiger partial charge on any atom is 0.338 e. The van der Waals surface area contributed by atoms with E-state index in [4.69, 9.17) is 11.6 Å². The monoisotopic (exact) mass is 240 g/mol. The van der Waals surface area contributed by atoms with Crippen molar-refractivity contribution in [1.82, 2.24) is 0 Å². The van der Waals surface area contributed by atoms with Gasteiger partial charge in [-0.15, -0.1) is 11.6 Å². The third-order valence-electron chi connectivity index (χ3n) is 2.37. The molecule has 4 heteroatoms. The van der Waals surface area contributed by atoms with Crippen molar-refractivity contribution in [1.29, 1.82) is 0 Å². The second-order valence-corrected chi connectivity index (χ2v) is 4.10. The predicted molar refractivity (Wildman–Crippen MR) is 62.2 cm³/mol. The summed E-state index contributed by atoms with van der Waals surface area (Å²) in [4.78, 5) is 23.2. The highest BCUT2D eigenvalue weighted by Gasteiger charge is 2.18. The number of carbonyl (C=O) groups excluding carboxylic acids is 2. The van der Waals surface area contributed by atoms with Gasteiger partial charge in [0.1, 0.15) is 0 Å². The topological polar surface area (TPSA) is 43.4 Å². The SMILES string of the molecule is COC(=O)c1cccc(C(=O)C(C)Cl)c1C. The first-order valence-corrected chi connectivity index (χ1v) is 5.29. The lowest BCUT2D eigenvalue weighted by molar-refractivity contribution is 0.0600. The Balaban J connectivity index is 3.24. The number of methoxy groups -OCH3 is 1. The number of halogens is 1. The molecule has 0 fully saturated rings. The molecule has 86 valence electrons. The molecule has 0 amide bonds. The van der Waals surface area contributed by atoms with Crippen LogP contribution in [0.3, 0.4) is 0 Å². The molecule has 0 aliphatic rings. The molecule has 1 aromatic rings. The smallest absolute Gasteiger partial charge is 0.338 e. The summed E-state index contributed by atoms with van der Waals surface area (Å²) in [6, 6.07) is 4.92. The highest BCUT2D eigenvalue weighted by atomic mass is 35.5. The number of alkyl halides is 1. The molecule has 16 heavy (non-hydrogen) atoms. The Bertz CT molecular complexity index is 424. The second-order valence-electron chi connectivity index (χ2n) is 3.45. The first kappa shape index (κ1) is 12.7. The van der Waals surface area contributed by atoms with Crippen LogP contribution in [0.1, 0.15) is 33.2 Å². The molecule has 0 N–H and O–H groups in total. The molecular formula is C12H13ClO3. The fourth-order valence-corrected chi connectivity index (χ4v) is 1.57. The van der Waals surface area contributed by atoms with Gasteiger partial charge in [-0.2, -0.15) is 0 Å². The molecular weight excluding hydrogens is 228 g/mol. The van der Waals surface area contributed by atoms with Gasteiger partial charge in [-0.25, -0.2) is 4.79 Å². The molecule has 0 aliphatic carbocycles. The minimum Gasteiger partial charge on any atom is -0.465 e. The number of ketones is 1. The van der Waals surface area contributed by atoms with Gasteiger partial charge >= 0.3 is 5.97 Å². The third kappa shape index (κ3) is 2.42. The number of benzene rings is 1. The Morgan fingerprint density at radius 3 is 2.38 bits per heavy atom. The van der Waals surface area contributed by atoms with Crippen LogP contribution in [-0.4, -0.2) is 24.2 Å². The molecule has 0 aromatic heterocycles. The summed E-state index contributed by atoms with van der Waals surface area (Å²) in [5.41, 5.74) is 1.46. The van der Waals surface area contributed by atoms with Crippen molar-refractivity contribution < 1.29 is 14.3 Å². The standard InChI is InChI=1S/C12H13ClO3/c1-7-9(11(14)8(2)13)5-4-6-10(7)12(15)16-3/h4-6,8H,1-3H3. The number of Topliss-reactive ketones (excluding diaryl/α,β-unsaturated/α-hetero) is 1. The van der Waals surface area contributed by atoms with E-state index < -0.39 is 11.3 Å². The minimum atomic E-state index is -0.605. The first-order valence-electron chi connectivity index (χ1n) is 4.85. The largest absolute Gasteiger partial charge is 0.465 e. The third-order valence-corrected chi connectivity index (χ3v) is 2.56. The summed E-state index contributed by atoms with van der Waals surface area (Å²) in [6.07, 6.45) is 0. The van der Waals surface area contributed by atoms with Gasteiger partial charge in [-0.3, -0.25) is 4.79 Å². The number of hydrogen-bond donors (Lipinski definition) is 0. The van der Waals surface area contributed by atoms with Gasteiger partial charge < -0.3 is 4.74 Å². The summed E-state index contributed by atoms with van der Waals surface area (Å²) < 4.78 is 4.63. The summed E-state index contributed by atoms with van der Waals surface area (Å²) in [5.74, 6) is -0.640. The molecule has 3 nitrogen and oxygen atoms in total. The van der Waals surface area contributed by atoms with Crippen LogP contribution < -0.4 is 0 Å². The van der Waals surface area contributed by atoms with Crippen molar-refractivity contribution in [2.75, 3.05) is 7.11 Å². The van der Waals surface area contributed by atoms with Crippen molar-refractivity contribution in [2.24, 2.45) is 0 Å². The van der Waals surface area contributed by atoms with Crippen LogP contribution >= 0.6 is 11.6 Å². The Hall–Kier alpha value is -1.35. The Morgan fingerprint density at radius 1 is 1.31 bits per heavy atom. The average Bonchev–Trinajstić information content (AvgIpc) is 2.27. The average molecular weight is 241 g/mol. The van der Waals surface area contributed by atoms with E-state index in [2.05, 4.69) is 4.74 Å². The molecule has 1 aromatic carbocycles. The summed E-state index contributed by atoms with van der Waals surface area (Å²) in [5, 5.41) is -0.605. The lowest BCUT2D eigenvalue weighted by Crippen LogP contribution is -2.14. The zero-order valence-corrected chi connectivity index (χ0v) is 10.2. The molecule has 1 unspecified atom stereocenters. The molecule has 1 rings (SSSR count). The fourth-order valence-electron chi connectivity index (χ4n) is 1.45. The van der Waals surface area contributed by atoms with Crippen LogP contribution in [0.15, 0.2) is 18.2 Å². The van der Waals surface area contributed by atoms with E-state index in [-0.39, 0.29) is 5.78 Å². The van der Waals surface area contributed by atoms with E-state index in [1.54, 1.807) is 32.0 Å². The fraction of sp³-hybridized carbons (Fsp3) is 0.333. The lowest BCUT2D eigenvalue weighted by Gasteiger charge is -2.09. The Morgan fingerprint density at radius 2 is 1.88 bits per heavy atom. The summed E-state index contributed by atoms with van der Waals surface area (Å²) in [6.45, 7) is 3.31. The molecule has 0 bridgehead atoms. The number of hydrogen-bond acceptors (Lipinski definition) is 3. The number of rotatable bonds is 3. The van der Waals surface area contributed by atoms with Crippen LogP contribution in [0.2, 0.25) is 0 Å². The molecule has 0 saturated heterocycles. The Kier molecular flexibility index (Phi) is 4.07. The molecule has 0 heterocycles. The first-order chi connectivity index (χ1) is 7.49. The van der Waals surface area contributed by atoms with Crippen molar-refractivity contribution in [3.63, 3.8) is 0 Å². The lowest BCUT2D eigenvalue weighted by atomic mass is 9.98. The molecule has 0 spiro atoms. The van der Waals surface area contributed by atoms with Gasteiger partial charge in [-0.1, -0.05) is 12.1 Å². The second kappa shape index (κ2) is 5.12. The summed E-state index contributed by atoms with van der Waals surface area (Å²) >= 11 is 5.73. The van der Waals surface area contributed by atoms with E-state index in [1.165, 1.54) is 7.11 Å². The molecule has 1 atom stereocenters. The van der Waals surface area contributed by atoms with E-state index in [1.807, 2.05) is 0 Å². The van der Waals surface area contributed by atoms with Crippen LogP contribution in [-0.2, 0) is 4.74 Å². The van der Waals surface area contributed by atoms with Crippen LogP contribution in [0.25, 0.3) is 0 Å². The number of ether oxygens (including phenoxy) is 1. The molecule has 0 saturated carbocycles. The Labute approximate surface area is 99.4 Å². The van der Waals surface area contributed by atoms with E-state index >= 15 is 0 Å². The van der Waals surface area contributed by atoms with E-state index in [0.717, 1.165) is 0 Å². The van der Waals surface area contributed by atoms with E-state index in [9.17, 15) is 9.59 Å². The highest BCUT2D eigenvalue weighted by molar-refractivity contribution is 6.33. The van der Waals surface area contributed by atoms with Gasteiger partial charge in [0.15, 0.2) is 5.78 Å². The maximum atomic E-state index is 11.7. The molecule has 0 aliphatic heterocycles. The van der Waals surface area contributed by atoms with Crippen LogP contribution in [0, 0.1) is 6.92 Å². The number of esters is 1. The van der Waals surface area contributed by atoms with Crippen molar-refractivity contribution in [2.45, 2.75) is 19.2 Å². The van der Waals surface area contributed by atoms with Crippen molar-refractivity contribution in [3.05, 3.63) is 34.9 Å². The minimum absolute atomic E-state index is 0.190.